The molecule has 0 spiro atoms. The second kappa shape index (κ2) is 7.84. The van der Waals surface area contributed by atoms with Crippen molar-refractivity contribution in [2.24, 2.45) is 0 Å². The van der Waals surface area contributed by atoms with Crippen LogP contribution in [-0.4, -0.2) is 56.2 Å². The third kappa shape index (κ3) is 3.83. The largest absolute Gasteiger partial charge is 0.495 e. The number of hydrogen-bond donors (Lipinski definition) is 0. The van der Waals surface area contributed by atoms with E-state index in [1.165, 1.54) is 11.4 Å². The van der Waals surface area contributed by atoms with Crippen LogP contribution < -0.4 is 9.64 Å². The zero-order chi connectivity index (χ0) is 20.4. The van der Waals surface area contributed by atoms with E-state index in [1.807, 2.05) is 36.1 Å². The molecule has 29 heavy (non-hydrogen) atoms. The summed E-state index contributed by atoms with van der Waals surface area (Å²) in [6.07, 6.45) is 1.59. The molecule has 1 aliphatic heterocycles. The Hall–Kier alpha value is -2.91. The molecule has 3 aromatic rings. The van der Waals surface area contributed by atoms with Gasteiger partial charge in [-0.25, -0.2) is 8.42 Å². The highest BCUT2D eigenvalue weighted by Crippen LogP contribution is 2.29. The maximum absolute atomic E-state index is 13.1. The summed E-state index contributed by atoms with van der Waals surface area (Å²) in [5.41, 5.74) is 1.53. The molecule has 1 fully saturated rings. The Labute approximate surface area is 169 Å². The van der Waals surface area contributed by atoms with Gasteiger partial charge in [0.2, 0.25) is 10.0 Å². The molecule has 1 saturated heterocycles. The maximum Gasteiger partial charge on any atom is 0.246 e. The molecule has 0 bridgehead atoms. The average molecular weight is 414 g/mol. The standard InChI is InChI=1S/C20H22N4O4S/c1-15-5-7-18(27-2)19(14-15)29(25,26)24-11-9-23(10-12-24)20-8-6-16(21-22-20)17-4-3-13-28-17/h3-8,13-14H,9-12H2,1-2H3. The van der Waals surface area contributed by atoms with Gasteiger partial charge in [-0.2, -0.15) is 4.31 Å². The van der Waals surface area contributed by atoms with Gasteiger partial charge in [-0.15, -0.1) is 10.2 Å². The second-order valence-corrected chi connectivity index (χ2v) is 8.71. The predicted molar refractivity (Wildman–Crippen MR) is 108 cm³/mol. The first-order chi connectivity index (χ1) is 14.0. The zero-order valence-corrected chi connectivity index (χ0v) is 17.1. The number of nitrogens with zero attached hydrogens (tertiary/aromatic N) is 4. The normalized spacial score (nSPS) is 15.4. The number of aryl methyl sites for hydroxylation is 1. The van der Waals surface area contributed by atoms with E-state index in [4.69, 9.17) is 9.15 Å². The molecule has 0 aliphatic carbocycles. The van der Waals surface area contributed by atoms with Crippen molar-refractivity contribution in [3.05, 3.63) is 54.3 Å². The molecule has 3 heterocycles. The van der Waals surface area contributed by atoms with Crippen molar-refractivity contribution in [1.29, 1.82) is 0 Å². The van der Waals surface area contributed by atoms with Crippen LogP contribution in [0, 0.1) is 6.92 Å². The van der Waals surface area contributed by atoms with Crippen molar-refractivity contribution >= 4 is 15.8 Å². The van der Waals surface area contributed by atoms with Gasteiger partial charge >= 0.3 is 0 Å². The van der Waals surface area contributed by atoms with Crippen LogP contribution in [0.5, 0.6) is 5.75 Å². The van der Waals surface area contributed by atoms with Gasteiger partial charge in [0.15, 0.2) is 11.6 Å². The number of ether oxygens (including phenoxy) is 1. The highest BCUT2D eigenvalue weighted by Gasteiger charge is 2.31. The van der Waals surface area contributed by atoms with Crippen LogP contribution >= 0.6 is 0 Å². The molecule has 0 N–H and O–H groups in total. The summed E-state index contributed by atoms with van der Waals surface area (Å²) in [4.78, 5) is 2.23. The monoisotopic (exact) mass is 414 g/mol. The molecule has 0 amide bonds. The fourth-order valence-electron chi connectivity index (χ4n) is 3.33. The lowest BCUT2D eigenvalue weighted by atomic mass is 10.2. The Balaban J connectivity index is 1.47. The summed E-state index contributed by atoms with van der Waals surface area (Å²) in [5.74, 6) is 1.73. The summed E-state index contributed by atoms with van der Waals surface area (Å²) >= 11 is 0. The van der Waals surface area contributed by atoms with Crippen molar-refractivity contribution < 1.29 is 17.6 Å². The van der Waals surface area contributed by atoms with Crippen molar-refractivity contribution in [2.75, 3.05) is 38.2 Å². The van der Waals surface area contributed by atoms with Gasteiger partial charge in [0, 0.05) is 26.2 Å². The Kier molecular flexibility index (Phi) is 5.25. The minimum absolute atomic E-state index is 0.205. The van der Waals surface area contributed by atoms with Crippen LogP contribution in [0.3, 0.4) is 0 Å². The van der Waals surface area contributed by atoms with Crippen molar-refractivity contribution in [3.8, 4) is 17.2 Å². The second-order valence-electron chi connectivity index (χ2n) is 6.80. The lowest BCUT2D eigenvalue weighted by Gasteiger charge is -2.34. The smallest absolute Gasteiger partial charge is 0.246 e. The first-order valence-electron chi connectivity index (χ1n) is 9.26. The van der Waals surface area contributed by atoms with Crippen LogP contribution in [0.4, 0.5) is 5.82 Å². The van der Waals surface area contributed by atoms with Crippen molar-refractivity contribution in [2.45, 2.75) is 11.8 Å². The summed E-state index contributed by atoms with van der Waals surface area (Å²) in [6.45, 7) is 3.65. The molecule has 0 unspecified atom stereocenters. The van der Waals surface area contributed by atoms with Gasteiger partial charge in [-0.05, 0) is 48.9 Å². The van der Waals surface area contributed by atoms with E-state index in [0.717, 1.165) is 5.56 Å². The number of rotatable bonds is 5. The first-order valence-corrected chi connectivity index (χ1v) is 10.7. The first kappa shape index (κ1) is 19.4. The number of piperazine rings is 1. The highest BCUT2D eigenvalue weighted by molar-refractivity contribution is 7.89. The lowest BCUT2D eigenvalue weighted by molar-refractivity contribution is 0.373. The quantitative estimate of drug-likeness (QED) is 0.634. The van der Waals surface area contributed by atoms with Crippen LogP contribution in [0.2, 0.25) is 0 Å². The number of benzene rings is 1. The number of hydrogen-bond acceptors (Lipinski definition) is 7. The van der Waals surface area contributed by atoms with E-state index in [2.05, 4.69) is 10.2 Å². The SMILES string of the molecule is COc1ccc(C)cc1S(=O)(=O)N1CCN(c2ccc(-c3ccco3)nn2)CC1. The minimum atomic E-state index is -3.64. The van der Waals surface area contributed by atoms with Crippen molar-refractivity contribution in [3.63, 3.8) is 0 Å². The van der Waals surface area contributed by atoms with Gasteiger partial charge in [0.05, 0.1) is 13.4 Å². The molecular formula is C20H22N4O4S. The van der Waals surface area contributed by atoms with E-state index in [1.54, 1.807) is 24.5 Å². The summed E-state index contributed by atoms with van der Waals surface area (Å²) in [5, 5.41) is 8.48. The topological polar surface area (TPSA) is 88.8 Å². The van der Waals surface area contributed by atoms with E-state index in [0.29, 0.717) is 49.2 Å². The lowest BCUT2D eigenvalue weighted by Crippen LogP contribution is -2.49. The van der Waals surface area contributed by atoms with Gasteiger partial charge in [-0.1, -0.05) is 6.07 Å². The van der Waals surface area contributed by atoms with Crippen LogP contribution in [0.25, 0.3) is 11.5 Å². The fourth-order valence-corrected chi connectivity index (χ4v) is 4.99. The molecular weight excluding hydrogens is 392 g/mol. The Morgan fingerprint density at radius 1 is 1.03 bits per heavy atom. The highest BCUT2D eigenvalue weighted by atomic mass is 32.2. The third-order valence-electron chi connectivity index (χ3n) is 4.92. The average Bonchev–Trinajstić information content (AvgIpc) is 3.29. The molecule has 9 heteroatoms. The fraction of sp³-hybridized carbons (Fsp3) is 0.300. The molecule has 8 nitrogen and oxygen atoms in total. The molecule has 0 atom stereocenters. The Morgan fingerprint density at radius 3 is 2.45 bits per heavy atom. The molecule has 1 aliphatic rings. The number of aromatic nitrogens is 2. The number of sulfonamides is 1. The molecule has 0 radical (unpaired) electrons. The molecule has 1 aromatic carbocycles. The molecule has 152 valence electrons. The summed E-state index contributed by atoms with van der Waals surface area (Å²) < 4.78 is 38.3. The van der Waals surface area contributed by atoms with Crippen LogP contribution in [0.1, 0.15) is 5.56 Å². The number of furan rings is 1. The van der Waals surface area contributed by atoms with Crippen molar-refractivity contribution in [1.82, 2.24) is 14.5 Å². The molecule has 4 rings (SSSR count). The van der Waals surface area contributed by atoms with E-state index >= 15 is 0 Å². The van der Waals surface area contributed by atoms with Gasteiger partial charge < -0.3 is 14.1 Å². The third-order valence-corrected chi connectivity index (χ3v) is 6.84. The molecule has 0 saturated carbocycles. The maximum atomic E-state index is 13.1. The van der Waals surface area contributed by atoms with Crippen LogP contribution in [0.15, 0.2) is 58.0 Å². The number of anilines is 1. The van der Waals surface area contributed by atoms with Gasteiger partial charge in [0.1, 0.15) is 16.3 Å². The summed E-state index contributed by atoms with van der Waals surface area (Å²) in [7, 11) is -2.16. The Morgan fingerprint density at radius 2 is 1.83 bits per heavy atom. The summed E-state index contributed by atoms with van der Waals surface area (Å²) in [6, 6.07) is 12.5. The van der Waals surface area contributed by atoms with Crippen LogP contribution in [-0.2, 0) is 10.0 Å². The van der Waals surface area contributed by atoms with E-state index in [9.17, 15) is 8.42 Å². The minimum Gasteiger partial charge on any atom is -0.495 e. The molecule has 2 aromatic heterocycles. The van der Waals surface area contributed by atoms with E-state index < -0.39 is 10.0 Å². The predicted octanol–water partition coefficient (Wildman–Crippen LogP) is 2.56. The number of methoxy groups -OCH3 is 1. The van der Waals surface area contributed by atoms with Gasteiger partial charge in [-0.3, -0.25) is 0 Å². The Bertz CT molecular complexity index is 1070. The van der Waals surface area contributed by atoms with E-state index in [-0.39, 0.29) is 4.90 Å². The zero-order valence-electron chi connectivity index (χ0n) is 16.3. The van der Waals surface area contributed by atoms with Gasteiger partial charge in [0.25, 0.3) is 0 Å².